The number of benzene rings is 1. The molecule has 1 unspecified atom stereocenters. The van der Waals surface area contributed by atoms with E-state index in [9.17, 15) is 4.79 Å². The molecule has 0 spiro atoms. The van der Waals surface area contributed by atoms with Crippen LogP contribution < -0.4 is 10.5 Å². The summed E-state index contributed by atoms with van der Waals surface area (Å²) >= 11 is 0. The van der Waals surface area contributed by atoms with Gasteiger partial charge in [-0.1, -0.05) is 12.1 Å². The summed E-state index contributed by atoms with van der Waals surface area (Å²) in [6.07, 6.45) is 3.65. The monoisotopic (exact) mass is 326 g/mol. The molecule has 4 nitrogen and oxygen atoms in total. The molecule has 22 heavy (non-hydrogen) atoms. The van der Waals surface area contributed by atoms with Crippen LogP contribution in [0.15, 0.2) is 24.3 Å². The van der Waals surface area contributed by atoms with E-state index in [0.717, 1.165) is 38.5 Å². The summed E-state index contributed by atoms with van der Waals surface area (Å²) in [5, 5.41) is 0. The Balaban J connectivity index is 0.00000242. The molecule has 5 heteroatoms. The van der Waals surface area contributed by atoms with Gasteiger partial charge in [-0.2, -0.15) is 0 Å². The third kappa shape index (κ3) is 5.59. The zero-order valence-corrected chi connectivity index (χ0v) is 14.1. The average Bonchev–Trinajstić information content (AvgIpc) is 2.48. The first-order valence-corrected chi connectivity index (χ1v) is 7.86. The topological polar surface area (TPSA) is 55.6 Å². The molecule has 124 valence electrons. The Labute approximate surface area is 139 Å². The number of ether oxygens (including phenoxy) is 1. The lowest BCUT2D eigenvalue weighted by Crippen LogP contribution is -2.38. The SMILES string of the molecule is CC(=O)c1ccccc1OCCN1CCCC(CCN)C1.Cl. The van der Waals surface area contributed by atoms with Crippen molar-refractivity contribution in [1.82, 2.24) is 4.90 Å². The second-order valence-electron chi connectivity index (χ2n) is 5.79. The Morgan fingerprint density at radius 2 is 2.18 bits per heavy atom. The second kappa shape index (κ2) is 9.82. The molecule has 1 aromatic carbocycles. The molecule has 0 amide bonds. The molecular weight excluding hydrogens is 300 g/mol. The van der Waals surface area contributed by atoms with Crippen LogP contribution in [0.25, 0.3) is 0 Å². The number of hydrogen-bond donors (Lipinski definition) is 1. The largest absolute Gasteiger partial charge is 0.491 e. The quantitative estimate of drug-likeness (QED) is 0.783. The van der Waals surface area contributed by atoms with Gasteiger partial charge in [0.15, 0.2) is 5.78 Å². The number of carbonyl (C=O) groups excluding carboxylic acids is 1. The van der Waals surface area contributed by atoms with Crippen molar-refractivity contribution in [3.8, 4) is 5.75 Å². The summed E-state index contributed by atoms with van der Waals surface area (Å²) in [5.41, 5.74) is 6.31. The minimum Gasteiger partial charge on any atom is -0.491 e. The number of hydrogen-bond acceptors (Lipinski definition) is 4. The number of Topliss-reactive ketones (excluding diaryl/α,β-unsaturated/α-hetero) is 1. The van der Waals surface area contributed by atoms with E-state index in [-0.39, 0.29) is 18.2 Å². The van der Waals surface area contributed by atoms with Gasteiger partial charge in [0.1, 0.15) is 12.4 Å². The van der Waals surface area contributed by atoms with Crippen molar-refractivity contribution in [1.29, 1.82) is 0 Å². The van der Waals surface area contributed by atoms with Crippen LogP contribution in [0.4, 0.5) is 0 Å². The van der Waals surface area contributed by atoms with Crippen LogP contribution in [0.1, 0.15) is 36.5 Å². The summed E-state index contributed by atoms with van der Waals surface area (Å²) in [7, 11) is 0. The molecule has 1 atom stereocenters. The van der Waals surface area contributed by atoms with E-state index in [1.807, 2.05) is 24.3 Å². The average molecular weight is 327 g/mol. The summed E-state index contributed by atoms with van der Waals surface area (Å²) in [6, 6.07) is 7.45. The van der Waals surface area contributed by atoms with Gasteiger partial charge in [0.25, 0.3) is 0 Å². The molecule has 0 radical (unpaired) electrons. The highest BCUT2D eigenvalue weighted by atomic mass is 35.5. The summed E-state index contributed by atoms with van der Waals surface area (Å²) in [5.74, 6) is 1.47. The van der Waals surface area contributed by atoms with E-state index in [1.165, 1.54) is 12.8 Å². The van der Waals surface area contributed by atoms with Gasteiger partial charge in [0, 0.05) is 13.1 Å². The molecular formula is C17H27ClN2O2. The predicted octanol–water partition coefficient (Wildman–Crippen LogP) is 2.75. The van der Waals surface area contributed by atoms with Gasteiger partial charge in [0.05, 0.1) is 5.56 Å². The van der Waals surface area contributed by atoms with Crippen LogP contribution in [0.3, 0.4) is 0 Å². The zero-order chi connectivity index (χ0) is 15.1. The van der Waals surface area contributed by atoms with Crippen LogP contribution in [0.2, 0.25) is 0 Å². The van der Waals surface area contributed by atoms with Crippen molar-refractivity contribution < 1.29 is 9.53 Å². The first-order chi connectivity index (χ1) is 10.2. The number of para-hydroxylation sites is 1. The molecule has 0 saturated carbocycles. The Morgan fingerprint density at radius 1 is 1.41 bits per heavy atom. The third-order valence-electron chi connectivity index (χ3n) is 4.11. The van der Waals surface area contributed by atoms with Crippen molar-refractivity contribution in [2.24, 2.45) is 11.7 Å². The van der Waals surface area contributed by atoms with Gasteiger partial charge in [-0.25, -0.2) is 0 Å². The lowest BCUT2D eigenvalue weighted by Gasteiger charge is -2.32. The number of nitrogens with zero attached hydrogens (tertiary/aromatic N) is 1. The maximum absolute atomic E-state index is 11.5. The number of likely N-dealkylation sites (tertiary alicyclic amines) is 1. The fourth-order valence-corrected chi connectivity index (χ4v) is 2.99. The fraction of sp³-hybridized carbons (Fsp3) is 0.588. The first kappa shape index (κ1) is 18.9. The van der Waals surface area contributed by atoms with Crippen LogP contribution in [-0.2, 0) is 0 Å². The minimum absolute atomic E-state index is 0. The molecule has 1 heterocycles. The molecule has 0 aliphatic carbocycles. The minimum atomic E-state index is 0. The number of rotatable bonds is 7. The van der Waals surface area contributed by atoms with E-state index in [0.29, 0.717) is 17.9 Å². The molecule has 1 aliphatic rings. The van der Waals surface area contributed by atoms with Gasteiger partial charge >= 0.3 is 0 Å². The Morgan fingerprint density at radius 3 is 2.91 bits per heavy atom. The second-order valence-corrected chi connectivity index (χ2v) is 5.79. The van der Waals surface area contributed by atoms with Crippen molar-refractivity contribution in [3.63, 3.8) is 0 Å². The van der Waals surface area contributed by atoms with Crippen molar-refractivity contribution >= 4 is 18.2 Å². The Hall–Kier alpha value is -1.10. The third-order valence-corrected chi connectivity index (χ3v) is 4.11. The van der Waals surface area contributed by atoms with Gasteiger partial charge in [-0.15, -0.1) is 12.4 Å². The summed E-state index contributed by atoms with van der Waals surface area (Å²) in [6.45, 7) is 6.14. The lowest BCUT2D eigenvalue weighted by molar-refractivity contribution is 0.101. The number of carbonyl (C=O) groups is 1. The maximum atomic E-state index is 11.5. The zero-order valence-electron chi connectivity index (χ0n) is 13.3. The van der Waals surface area contributed by atoms with E-state index < -0.39 is 0 Å². The van der Waals surface area contributed by atoms with Gasteiger partial charge in [-0.05, 0) is 57.3 Å². The summed E-state index contributed by atoms with van der Waals surface area (Å²) < 4.78 is 5.81. The van der Waals surface area contributed by atoms with E-state index in [4.69, 9.17) is 10.5 Å². The molecule has 0 bridgehead atoms. The van der Waals surface area contributed by atoms with E-state index >= 15 is 0 Å². The number of nitrogens with two attached hydrogens (primary N) is 1. The van der Waals surface area contributed by atoms with Crippen molar-refractivity contribution in [2.75, 3.05) is 32.8 Å². The molecule has 1 aromatic rings. The smallest absolute Gasteiger partial charge is 0.163 e. The number of ketones is 1. The molecule has 1 fully saturated rings. The van der Waals surface area contributed by atoms with Crippen LogP contribution in [-0.4, -0.2) is 43.5 Å². The molecule has 2 N–H and O–H groups in total. The van der Waals surface area contributed by atoms with Gasteiger partial charge in [0.2, 0.25) is 0 Å². The van der Waals surface area contributed by atoms with Crippen molar-refractivity contribution in [3.05, 3.63) is 29.8 Å². The normalized spacial score (nSPS) is 18.5. The van der Waals surface area contributed by atoms with Crippen LogP contribution >= 0.6 is 12.4 Å². The molecule has 2 rings (SSSR count). The Bertz CT molecular complexity index is 466. The summed E-state index contributed by atoms with van der Waals surface area (Å²) in [4.78, 5) is 14.0. The van der Waals surface area contributed by atoms with E-state index in [2.05, 4.69) is 4.90 Å². The van der Waals surface area contributed by atoms with Crippen LogP contribution in [0.5, 0.6) is 5.75 Å². The Kier molecular flexibility index (Phi) is 8.46. The maximum Gasteiger partial charge on any atom is 0.163 e. The van der Waals surface area contributed by atoms with Gasteiger partial charge < -0.3 is 10.5 Å². The lowest BCUT2D eigenvalue weighted by atomic mass is 9.95. The number of piperidine rings is 1. The first-order valence-electron chi connectivity index (χ1n) is 7.86. The molecule has 0 aromatic heterocycles. The highest BCUT2D eigenvalue weighted by Crippen LogP contribution is 2.20. The molecule has 1 aliphatic heterocycles. The fourth-order valence-electron chi connectivity index (χ4n) is 2.99. The van der Waals surface area contributed by atoms with Crippen molar-refractivity contribution in [2.45, 2.75) is 26.2 Å². The van der Waals surface area contributed by atoms with E-state index in [1.54, 1.807) is 6.92 Å². The standard InChI is InChI=1S/C17H26N2O2.ClH/c1-14(20)16-6-2-3-7-17(16)21-12-11-19-10-4-5-15(13-19)8-9-18;/h2-3,6-7,15H,4-5,8-13,18H2,1H3;1H. The van der Waals surface area contributed by atoms with Crippen LogP contribution in [0, 0.1) is 5.92 Å². The highest BCUT2D eigenvalue weighted by molar-refractivity contribution is 5.96. The predicted molar refractivity (Wildman–Crippen MR) is 92.0 cm³/mol. The van der Waals surface area contributed by atoms with Gasteiger partial charge in [-0.3, -0.25) is 9.69 Å². The molecule has 1 saturated heterocycles. The number of halogens is 1. The highest BCUT2D eigenvalue weighted by Gasteiger charge is 2.19.